The fourth-order valence-electron chi connectivity index (χ4n) is 2.91. The Hall–Kier alpha value is -1.19. The second-order valence-corrected chi connectivity index (χ2v) is 5.37. The summed E-state index contributed by atoms with van der Waals surface area (Å²) in [6.45, 7) is 3.76. The number of benzene rings is 1. The predicted molar refractivity (Wildman–Crippen MR) is 76.4 cm³/mol. The van der Waals surface area contributed by atoms with Gasteiger partial charge in [0.1, 0.15) is 0 Å². The van der Waals surface area contributed by atoms with Gasteiger partial charge < -0.3 is 5.11 Å². The summed E-state index contributed by atoms with van der Waals surface area (Å²) in [5, 5.41) is 8.92. The Morgan fingerprint density at radius 3 is 2.95 bits per heavy atom. The van der Waals surface area contributed by atoms with Crippen molar-refractivity contribution in [2.75, 3.05) is 19.7 Å². The summed E-state index contributed by atoms with van der Waals surface area (Å²) in [6.07, 6.45) is 4.15. The zero-order chi connectivity index (χ0) is 13.7. The molecule has 0 amide bonds. The van der Waals surface area contributed by atoms with E-state index in [0.717, 1.165) is 43.4 Å². The first-order valence-electron chi connectivity index (χ1n) is 7.16. The van der Waals surface area contributed by atoms with Crippen LogP contribution in [0, 0.1) is 6.92 Å². The molecule has 0 bridgehead atoms. The molecule has 104 valence electrons. The number of carbonyl (C=O) groups excluding carboxylic acids is 1. The monoisotopic (exact) mass is 261 g/mol. The van der Waals surface area contributed by atoms with Gasteiger partial charge in [0.25, 0.3) is 0 Å². The summed E-state index contributed by atoms with van der Waals surface area (Å²) in [7, 11) is 0. The molecule has 1 unspecified atom stereocenters. The van der Waals surface area contributed by atoms with Crippen LogP contribution in [0.3, 0.4) is 0 Å². The maximum Gasteiger partial charge on any atom is 0.177 e. The topological polar surface area (TPSA) is 40.5 Å². The van der Waals surface area contributed by atoms with Crippen molar-refractivity contribution in [2.24, 2.45) is 0 Å². The van der Waals surface area contributed by atoms with E-state index in [1.807, 2.05) is 31.2 Å². The van der Waals surface area contributed by atoms with Crippen LogP contribution in [-0.4, -0.2) is 41.5 Å². The number of hydrogen-bond acceptors (Lipinski definition) is 3. The van der Waals surface area contributed by atoms with E-state index in [1.165, 1.54) is 0 Å². The second-order valence-electron chi connectivity index (χ2n) is 5.37. The van der Waals surface area contributed by atoms with Crippen LogP contribution in [0.25, 0.3) is 0 Å². The van der Waals surface area contributed by atoms with Gasteiger partial charge in [-0.2, -0.15) is 0 Å². The Kier molecular flexibility index (Phi) is 5.11. The van der Waals surface area contributed by atoms with Crippen molar-refractivity contribution >= 4 is 5.78 Å². The third-order valence-corrected chi connectivity index (χ3v) is 3.99. The van der Waals surface area contributed by atoms with Gasteiger partial charge in [-0.1, -0.05) is 24.3 Å². The van der Waals surface area contributed by atoms with E-state index in [9.17, 15) is 4.79 Å². The van der Waals surface area contributed by atoms with Gasteiger partial charge in [-0.15, -0.1) is 0 Å². The summed E-state index contributed by atoms with van der Waals surface area (Å²) in [6, 6.07) is 8.26. The minimum absolute atomic E-state index is 0.217. The van der Waals surface area contributed by atoms with Crippen molar-refractivity contribution < 1.29 is 9.90 Å². The molecule has 1 N–H and O–H groups in total. The van der Waals surface area contributed by atoms with Crippen LogP contribution in [0.15, 0.2) is 24.3 Å². The smallest absolute Gasteiger partial charge is 0.177 e. The number of hydrogen-bond donors (Lipinski definition) is 1. The number of aliphatic hydroxyl groups is 1. The zero-order valence-corrected chi connectivity index (χ0v) is 11.6. The van der Waals surface area contributed by atoms with Gasteiger partial charge in [0.05, 0.1) is 6.54 Å². The molecular formula is C16H23NO2. The minimum atomic E-state index is 0.217. The Bertz CT molecular complexity index is 431. The van der Waals surface area contributed by atoms with Crippen molar-refractivity contribution in [3.8, 4) is 0 Å². The average molecular weight is 261 g/mol. The van der Waals surface area contributed by atoms with Gasteiger partial charge in [-0.25, -0.2) is 0 Å². The molecule has 1 aromatic carbocycles. The van der Waals surface area contributed by atoms with E-state index in [-0.39, 0.29) is 12.4 Å². The van der Waals surface area contributed by atoms with Gasteiger partial charge >= 0.3 is 0 Å². The molecule has 1 saturated heterocycles. The van der Waals surface area contributed by atoms with E-state index < -0.39 is 0 Å². The van der Waals surface area contributed by atoms with E-state index in [0.29, 0.717) is 12.6 Å². The summed E-state index contributed by atoms with van der Waals surface area (Å²) in [5.74, 6) is 0.217. The van der Waals surface area contributed by atoms with Crippen LogP contribution >= 0.6 is 0 Å². The molecule has 0 aliphatic carbocycles. The molecule has 1 heterocycles. The maximum absolute atomic E-state index is 12.3. The van der Waals surface area contributed by atoms with Crippen LogP contribution < -0.4 is 0 Å². The van der Waals surface area contributed by atoms with E-state index >= 15 is 0 Å². The maximum atomic E-state index is 12.3. The fourth-order valence-corrected chi connectivity index (χ4v) is 2.91. The summed E-state index contributed by atoms with van der Waals surface area (Å²) >= 11 is 0. The van der Waals surface area contributed by atoms with Crippen molar-refractivity contribution in [2.45, 2.75) is 38.6 Å². The predicted octanol–water partition coefficient (Wildman–Crippen LogP) is 2.41. The second kappa shape index (κ2) is 6.83. The van der Waals surface area contributed by atoms with Crippen molar-refractivity contribution in [1.29, 1.82) is 0 Å². The first-order chi connectivity index (χ1) is 9.22. The molecule has 1 aliphatic rings. The highest BCUT2D eigenvalue weighted by molar-refractivity contribution is 5.98. The van der Waals surface area contributed by atoms with Gasteiger partial charge in [0, 0.05) is 18.2 Å². The number of ketones is 1. The number of Topliss-reactive ketones (excluding diaryl/α,β-unsaturated/α-hetero) is 1. The number of likely N-dealkylation sites (tertiary alicyclic amines) is 1. The highest BCUT2D eigenvalue weighted by Crippen LogP contribution is 2.22. The highest BCUT2D eigenvalue weighted by Gasteiger charge is 2.26. The molecule has 1 aromatic rings. The molecule has 1 aliphatic heterocycles. The number of rotatable bonds is 6. The molecule has 0 aromatic heterocycles. The van der Waals surface area contributed by atoms with Crippen molar-refractivity contribution in [3.05, 3.63) is 35.4 Å². The van der Waals surface area contributed by atoms with Gasteiger partial charge in [-0.05, 0) is 44.7 Å². The standard InChI is InChI=1S/C16H23NO2/c1-13-6-2-3-9-15(13)16(19)12-17-10-4-7-14(17)8-5-11-18/h2-3,6,9,14,18H,4-5,7-8,10-12H2,1H3. The summed E-state index contributed by atoms with van der Waals surface area (Å²) in [5.41, 5.74) is 1.90. The van der Waals surface area contributed by atoms with Gasteiger partial charge in [0.2, 0.25) is 0 Å². The van der Waals surface area contributed by atoms with Crippen LogP contribution in [0.5, 0.6) is 0 Å². The van der Waals surface area contributed by atoms with Crippen LogP contribution in [0.4, 0.5) is 0 Å². The van der Waals surface area contributed by atoms with Crippen LogP contribution in [0.2, 0.25) is 0 Å². The van der Waals surface area contributed by atoms with E-state index in [2.05, 4.69) is 4.90 Å². The first-order valence-corrected chi connectivity index (χ1v) is 7.16. The highest BCUT2D eigenvalue weighted by atomic mass is 16.2. The Morgan fingerprint density at radius 2 is 2.21 bits per heavy atom. The lowest BCUT2D eigenvalue weighted by Crippen LogP contribution is -2.34. The molecule has 1 atom stereocenters. The zero-order valence-electron chi connectivity index (χ0n) is 11.6. The normalized spacial score (nSPS) is 19.8. The molecule has 1 fully saturated rings. The number of carbonyl (C=O) groups is 1. The van der Waals surface area contributed by atoms with Crippen molar-refractivity contribution in [3.63, 3.8) is 0 Å². The SMILES string of the molecule is Cc1ccccc1C(=O)CN1CCCC1CCCO. The molecule has 3 heteroatoms. The third kappa shape index (κ3) is 3.64. The van der Waals surface area contributed by atoms with Gasteiger partial charge in [-0.3, -0.25) is 9.69 Å². The summed E-state index contributed by atoms with van der Waals surface area (Å²) < 4.78 is 0. The van der Waals surface area contributed by atoms with Crippen molar-refractivity contribution in [1.82, 2.24) is 4.90 Å². The molecular weight excluding hydrogens is 238 g/mol. The lowest BCUT2D eigenvalue weighted by Gasteiger charge is -2.23. The number of nitrogens with zero attached hydrogens (tertiary/aromatic N) is 1. The first kappa shape index (κ1) is 14.2. The lowest BCUT2D eigenvalue weighted by atomic mass is 10.0. The molecule has 19 heavy (non-hydrogen) atoms. The Labute approximate surface area is 115 Å². The van der Waals surface area contributed by atoms with Crippen LogP contribution in [0.1, 0.15) is 41.6 Å². The molecule has 3 nitrogen and oxygen atoms in total. The number of aliphatic hydroxyl groups excluding tert-OH is 1. The lowest BCUT2D eigenvalue weighted by molar-refractivity contribution is 0.0915. The largest absolute Gasteiger partial charge is 0.396 e. The minimum Gasteiger partial charge on any atom is -0.396 e. The number of aryl methyl sites for hydroxylation is 1. The molecule has 2 rings (SSSR count). The third-order valence-electron chi connectivity index (χ3n) is 3.99. The van der Waals surface area contributed by atoms with Gasteiger partial charge in [0.15, 0.2) is 5.78 Å². The molecule has 0 saturated carbocycles. The van der Waals surface area contributed by atoms with E-state index in [4.69, 9.17) is 5.11 Å². The molecule has 0 radical (unpaired) electrons. The average Bonchev–Trinajstić information content (AvgIpc) is 2.84. The Balaban J connectivity index is 1.96. The van der Waals surface area contributed by atoms with E-state index in [1.54, 1.807) is 0 Å². The quantitative estimate of drug-likeness (QED) is 0.799. The Morgan fingerprint density at radius 1 is 1.42 bits per heavy atom. The summed E-state index contributed by atoms with van der Waals surface area (Å²) in [4.78, 5) is 14.6. The fraction of sp³-hybridized carbons (Fsp3) is 0.562. The molecule has 0 spiro atoms. The van der Waals surface area contributed by atoms with Crippen LogP contribution in [-0.2, 0) is 0 Å².